The minimum absolute atomic E-state index is 0.00355. The first kappa shape index (κ1) is 14.3. The molecule has 3 nitrogen and oxygen atoms in total. The molecule has 2 aromatic rings. The van der Waals surface area contributed by atoms with Crippen LogP contribution in [0.1, 0.15) is 5.56 Å². The summed E-state index contributed by atoms with van der Waals surface area (Å²) in [5, 5.41) is 2.56. The predicted molar refractivity (Wildman–Crippen MR) is 68.0 cm³/mol. The van der Waals surface area contributed by atoms with E-state index in [0.29, 0.717) is 6.07 Å². The van der Waals surface area contributed by atoms with Crippen molar-refractivity contribution in [2.24, 2.45) is 0 Å². The number of hydrogen-bond donors (Lipinski definition) is 1. The van der Waals surface area contributed by atoms with E-state index in [1.165, 1.54) is 12.3 Å². The molecule has 1 aromatic heterocycles. The third-order valence-corrected chi connectivity index (χ3v) is 3.47. The molecule has 0 spiro atoms. The van der Waals surface area contributed by atoms with Crippen LogP contribution in [-0.2, 0) is 6.18 Å². The first-order valence-electron chi connectivity index (χ1n) is 4.78. The van der Waals surface area contributed by atoms with E-state index < -0.39 is 16.8 Å². The molecule has 0 fully saturated rings. The number of rotatable bonds is 1. The summed E-state index contributed by atoms with van der Waals surface area (Å²) in [5.74, 6) is 0.166. The summed E-state index contributed by atoms with van der Waals surface area (Å²) in [7, 11) is 0. The summed E-state index contributed by atoms with van der Waals surface area (Å²) in [6.07, 6.45) is -3.30. The zero-order valence-electron chi connectivity index (χ0n) is 8.97. The van der Waals surface area contributed by atoms with Gasteiger partial charge in [0.25, 0.3) is 0 Å². The van der Waals surface area contributed by atoms with E-state index in [4.69, 9.17) is 40.5 Å². The second-order valence-corrected chi connectivity index (χ2v) is 4.71. The molecule has 0 aliphatic heterocycles. The van der Waals surface area contributed by atoms with Crippen LogP contribution >= 0.6 is 34.8 Å². The molecule has 0 unspecified atom stereocenters. The number of alkyl halides is 3. The number of hydrogen-bond acceptors (Lipinski definition) is 2. The van der Waals surface area contributed by atoms with Gasteiger partial charge in [-0.3, -0.25) is 0 Å². The Morgan fingerprint density at radius 1 is 1.16 bits per heavy atom. The zero-order valence-corrected chi connectivity index (χ0v) is 11.2. The van der Waals surface area contributed by atoms with E-state index in [1.807, 2.05) is 0 Å². The average molecular weight is 331 g/mol. The molecule has 19 heavy (non-hydrogen) atoms. The van der Waals surface area contributed by atoms with Crippen molar-refractivity contribution in [3.8, 4) is 5.69 Å². The Labute approximate surface area is 120 Å². The lowest BCUT2D eigenvalue weighted by molar-refractivity contribution is -0.137. The molecular weight excluding hydrogens is 325 g/mol. The van der Waals surface area contributed by atoms with Crippen LogP contribution in [0.3, 0.4) is 0 Å². The van der Waals surface area contributed by atoms with Crippen LogP contribution in [0.2, 0.25) is 15.1 Å². The highest BCUT2D eigenvalue weighted by Crippen LogP contribution is 2.44. The Balaban J connectivity index is 2.74. The number of aromatic nitrogens is 2. The fourth-order valence-electron chi connectivity index (χ4n) is 1.49. The highest BCUT2D eigenvalue weighted by Gasteiger charge is 2.36. The van der Waals surface area contributed by atoms with Crippen molar-refractivity contribution in [1.82, 2.24) is 9.78 Å². The van der Waals surface area contributed by atoms with Crippen molar-refractivity contribution in [1.29, 1.82) is 0 Å². The zero-order chi connectivity index (χ0) is 14.4. The highest BCUT2D eigenvalue weighted by atomic mass is 35.5. The van der Waals surface area contributed by atoms with E-state index in [1.54, 1.807) is 0 Å². The lowest BCUT2D eigenvalue weighted by Crippen LogP contribution is -2.09. The predicted octanol–water partition coefficient (Wildman–Crippen LogP) is 4.43. The normalized spacial score (nSPS) is 11.9. The Morgan fingerprint density at radius 3 is 2.26 bits per heavy atom. The third-order valence-electron chi connectivity index (χ3n) is 2.32. The summed E-state index contributed by atoms with van der Waals surface area (Å²) < 4.78 is 39.2. The summed E-state index contributed by atoms with van der Waals surface area (Å²) in [5.41, 5.74) is 4.49. The number of nitrogens with zero attached hydrogens (tertiary/aromatic N) is 2. The number of nitrogens with two attached hydrogens (primary N) is 1. The largest absolute Gasteiger partial charge is 0.417 e. The van der Waals surface area contributed by atoms with Gasteiger partial charge in [-0.15, -0.1) is 0 Å². The van der Waals surface area contributed by atoms with Crippen molar-refractivity contribution in [3.63, 3.8) is 0 Å². The van der Waals surface area contributed by atoms with E-state index in [2.05, 4.69) is 5.10 Å². The Bertz CT molecular complexity index is 637. The molecule has 0 saturated heterocycles. The summed E-state index contributed by atoms with van der Waals surface area (Å²) in [6, 6.07) is 2.13. The second kappa shape index (κ2) is 4.77. The number of benzene rings is 1. The van der Waals surface area contributed by atoms with Crippen LogP contribution in [0.5, 0.6) is 0 Å². The van der Waals surface area contributed by atoms with Gasteiger partial charge in [-0.1, -0.05) is 34.8 Å². The van der Waals surface area contributed by atoms with Crippen LogP contribution in [0.4, 0.5) is 19.0 Å². The lowest BCUT2D eigenvalue weighted by atomic mass is 10.2. The van der Waals surface area contributed by atoms with Gasteiger partial charge < -0.3 is 5.73 Å². The van der Waals surface area contributed by atoms with Gasteiger partial charge in [-0.05, 0) is 6.07 Å². The highest BCUT2D eigenvalue weighted by molar-refractivity contribution is 6.45. The Morgan fingerprint density at radius 2 is 1.79 bits per heavy atom. The number of halogens is 6. The lowest BCUT2D eigenvalue weighted by Gasteiger charge is -2.15. The van der Waals surface area contributed by atoms with E-state index in [-0.39, 0.29) is 21.6 Å². The molecule has 0 bridgehead atoms. The minimum atomic E-state index is -4.65. The van der Waals surface area contributed by atoms with Crippen molar-refractivity contribution < 1.29 is 13.2 Å². The molecule has 1 aromatic carbocycles. The van der Waals surface area contributed by atoms with Crippen molar-refractivity contribution in [3.05, 3.63) is 39.0 Å². The molecule has 0 aliphatic rings. The molecular formula is C10H5Cl3F3N3. The number of nitrogen functional groups attached to an aromatic ring is 1. The molecule has 102 valence electrons. The molecule has 9 heteroatoms. The summed E-state index contributed by atoms with van der Waals surface area (Å²) in [6.45, 7) is 0. The molecule has 2 rings (SSSR count). The minimum Gasteiger partial charge on any atom is -0.384 e. The Hall–Kier alpha value is -1.11. The van der Waals surface area contributed by atoms with Gasteiger partial charge in [0.15, 0.2) is 0 Å². The first-order valence-corrected chi connectivity index (χ1v) is 5.91. The van der Waals surface area contributed by atoms with Crippen molar-refractivity contribution in [2.45, 2.75) is 6.18 Å². The fraction of sp³-hybridized carbons (Fsp3) is 0.100. The SMILES string of the molecule is Nc1ccnn1-c1c(Cl)cc(C(F)(F)F)c(Cl)c1Cl. The van der Waals surface area contributed by atoms with Crippen molar-refractivity contribution in [2.75, 3.05) is 5.73 Å². The third kappa shape index (κ3) is 2.48. The van der Waals surface area contributed by atoms with Crippen LogP contribution in [0, 0.1) is 0 Å². The van der Waals surface area contributed by atoms with E-state index >= 15 is 0 Å². The molecule has 0 atom stereocenters. The number of anilines is 1. The van der Waals surface area contributed by atoms with Crippen LogP contribution in [0.15, 0.2) is 18.3 Å². The van der Waals surface area contributed by atoms with Crippen LogP contribution < -0.4 is 5.73 Å². The topological polar surface area (TPSA) is 43.8 Å². The summed E-state index contributed by atoms with van der Waals surface area (Å²) in [4.78, 5) is 0. The van der Waals surface area contributed by atoms with Gasteiger partial charge in [0.2, 0.25) is 0 Å². The van der Waals surface area contributed by atoms with Crippen LogP contribution in [-0.4, -0.2) is 9.78 Å². The van der Waals surface area contributed by atoms with Gasteiger partial charge in [-0.25, -0.2) is 4.68 Å². The molecule has 2 N–H and O–H groups in total. The first-order chi connectivity index (χ1) is 8.73. The monoisotopic (exact) mass is 329 g/mol. The van der Waals surface area contributed by atoms with Gasteiger partial charge in [0.05, 0.1) is 26.8 Å². The van der Waals surface area contributed by atoms with Gasteiger partial charge in [0, 0.05) is 6.07 Å². The second-order valence-electron chi connectivity index (χ2n) is 3.55. The molecule has 1 heterocycles. The Kier molecular flexibility index (Phi) is 3.59. The standard InChI is InChI=1S/C10H5Cl3F3N3/c11-5-3-4(10(14,15)16)7(12)8(13)9(5)19-6(17)1-2-18-19/h1-3H,17H2. The molecule has 0 amide bonds. The summed E-state index contributed by atoms with van der Waals surface area (Å²) >= 11 is 17.3. The quantitative estimate of drug-likeness (QED) is 0.786. The maximum atomic E-state index is 12.7. The van der Waals surface area contributed by atoms with E-state index in [9.17, 15) is 13.2 Å². The molecule has 0 aliphatic carbocycles. The maximum absolute atomic E-state index is 12.7. The van der Waals surface area contributed by atoms with Gasteiger partial charge in [0.1, 0.15) is 11.5 Å². The average Bonchev–Trinajstić information content (AvgIpc) is 2.69. The smallest absolute Gasteiger partial charge is 0.384 e. The molecule has 0 radical (unpaired) electrons. The van der Waals surface area contributed by atoms with Gasteiger partial charge >= 0.3 is 6.18 Å². The van der Waals surface area contributed by atoms with Crippen LogP contribution in [0.25, 0.3) is 5.69 Å². The fourth-order valence-corrected chi connectivity index (χ4v) is 2.35. The van der Waals surface area contributed by atoms with Crippen molar-refractivity contribution >= 4 is 40.6 Å². The maximum Gasteiger partial charge on any atom is 0.417 e. The van der Waals surface area contributed by atoms with Gasteiger partial charge in [-0.2, -0.15) is 18.3 Å². The molecule has 0 saturated carbocycles. The van der Waals surface area contributed by atoms with E-state index in [0.717, 1.165) is 4.68 Å².